The third-order valence-electron chi connectivity index (χ3n) is 3.08. The van der Waals surface area contributed by atoms with E-state index in [2.05, 4.69) is 10.6 Å². The summed E-state index contributed by atoms with van der Waals surface area (Å²) in [5.41, 5.74) is -0.698. The Balaban J connectivity index is 2.87. The molecule has 124 valence electrons. The van der Waals surface area contributed by atoms with Crippen molar-refractivity contribution in [3.8, 4) is 0 Å². The van der Waals surface area contributed by atoms with E-state index in [-0.39, 0.29) is 5.69 Å². The van der Waals surface area contributed by atoms with Crippen LogP contribution < -0.4 is 15.5 Å². The second-order valence-electron chi connectivity index (χ2n) is 5.69. The summed E-state index contributed by atoms with van der Waals surface area (Å²) in [5.74, 6) is 0.408. The average Bonchev–Trinajstić information content (AvgIpc) is 2.37. The first-order chi connectivity index (χ1) is 10.1. The van der Waals surface area contributed by atoms with E-state index in [1.54, 1.807) is 19.0 Å². The van der Waals surface area contributed by atoms with Crippen LogP contribution in [0.4, 0.5) is 29.3 Å². The Kier molecular flexibility index (Phi) is 6.08. The van der Waals surface area contributed by atoms with Crippen molar-refractivity contribution in [3.05, 3.63) is 23.8 Å². The number of alkyl halides is 3. The van der Waals surface area contributed by atoms with Crippen LogP contribution in [0.2, 0.25) is 0 Å². The zero-order chi connectivity index (χ0) is 16.9. The first kappa shape index (κ1) is 18.1. The molecule has 7 heteroatoms. The smallest absolute Gasteiger partial charge is 0.378 e. The Bertz CT molecular complexity index is 513. The predicted molar refractivity (Wildman–Crippen MR) is 82.2 cm³/mol. The minimum absolute atomic E-state index is 0.250. The molecule has 0 heterocycles. The first-order valence-electron chi connectivity index (χ1n) is 7.04. The van der Waals surface area contributed by atoms with Crippen LogP contribution in [-0.2, 0) is 6.18 Å². The van der Waals surface area contributed by atoms with Crippen molar-refractivity contribution < 1.29 is 18.0 Å². The lowest BCUT2D eigenvalue weighted by Gasteiger charge is -2.19. The minimum Gasteiger partial charge on any atom is -0.378 e. The van der Waals surface area contributed by atoms with Crippen LogP contribution in [0.5, 0.6) is 0 Å². The normalized spacial score (nSPS) is 11.5. The van der Waals surface area contributed by atoms with Crippen LogP contribution in [0, 0.1) is 5.92 Å². The van der Waals surface area contributed by atoms with E-state index in [1.807, 2.05) is 13.8 Å². The molecule has 1 rings (SSSR count). The van der Waals surface area contributed by atoms with Crippen molar-refractivity contribution in [1.29, 1.82) is 0 Å². The Morgan fingerprint density at radius 3 is 2.41 bits per heavy atom. The number of hydrogen-bond donors (Lipinski definition) is 2. The minimum atomic E-state index is -4.54. The van der Waals surface area contributed by atoms with Gasteiger partial charge in [0, 0.05) is 26.3 Å². The Morgan fingerprint density at radius 1 is 1.27 bits per heavy atom. The maximum atomic E-state index is 13.1. The van der Waals surface area contributed by atoms with E-state index in [9.17, 15) is 18.0 Å². The number of nitrogens with zero attached hydrogens (tertiary/aromatic N) is 1. The topological polar surface area (TPSA) is 44.4 Å². The van der Waals surface area contributed by atoms with Crippen molar-refractivity contribution >= 4 is 17.4 Å². The van der Waals surface area contributed by atoms with Crippen molar-refractivity contribution in [2.24, 2.45) is 5.92 Å². The summed E-state index contributed by atoms with van der Waals surface area (Å²) in [6.07, 6.45) is -3.77. The van der Waals surface area contributed by atoms with Gasteiger partial charge in [-0.3, -0.25) is 0 Å². The molecule has 0 aliphatic carbocycles. The third kappa shape index (κ3) is 5.46. The van der Waals surface area contributed by atoms with Gasteiger partial charge in [-0.05, 0) is 30.5 Å². The molecule has 0 unspecified atom stereocenters. The van der Waals surface area contributed by atoms with Crippen LogP contribution >= 0.6 is 0 Å². The fourth-order valence-corrected chi connectivity index (χ4v) is 1.79. The van der Waals surface area contributed by atoms with Gasteiger partial charge in [-0.2, -0.15) is 13.2 Å². The van der Waals surface area contributed by atoms with Gasteiger partial charge < -0.3 is 15.5 Å². The molecule has 0 fully saturated rings. The van der Waals surface area contributed by atoms with Crippen LogP contribution in [0.1, 0.15) is 25.8 Å². The summed E-state index contributed by atoms with van der Waals surface area (Å²) in [4.78, 5) is 13.3. The molecule has 0 saturated carbocycles. The highest BCUT2D eigenvalue weighted by Crippen LogP contribution is 2.37. The van der Waals surface area contributed by atoms with Gasteiger partial charge in [-0.25, -0.2) is 4.79 Å². The van der Waals surface area contributed by atoms with Gasteiger partial charge in [-0.1, -0.05) is 13.8 Å². The summed E-state index contributed by atoms with van der Waals surface area (Å²) in [7, 11) is 3.31. The number of carbonyl (C=O) groups excluding carboxylic acids is 1. The molecule has 0 aliphatic rings. The molecule has 0 atom stereocenters. The number of benzene rings is 1. The summed E-state index contributed by atoms with van der Waals surface area (Å²) >= 11 is 0. The maximum absolute atomic E-state index is 13.1. The first-order valence-corrected chi connectivity index (χ1v) is 7.04. The van der Waals surface area contributed by atoms with Crippen molar-refractivity contribution in [2.75, 3.05) is 30.9 Å². The van der Waals surface area contributed by atoms with Crippen LogP contribution in [-0.4, -0.2) is 26.7 Å². The maximum Gasteiger partial charge on any atom is 0.418 e. The van der Waals surface area contributed by atoms with E-state index >= 15 is 0 Å². The number of urea groups is 1. The van der Waals surface area contributed by atoms with Crippen LogP contribution in [0.3, 0.4) is 0 Å². The summed E-state index contributed by atoms with van der Waals surface area (Å²) in [6, 6.07) is 3.17. The lowest BCUT2D eigenvalue weighted by atomic mass is 10.1. The lowest BCUT2D eigenvalue weighted by molar-refractivity contribution is -0.136. The van der Waals surface area contributed by atoms with Gasteiger partial charge in [0.15, 0.2) is 0 Å². The Hall–Kier alpha value is -1.92. The van der Waals surface area contributed by atoms with Crippen LogP contribution in [0.25, 0.3) is 0 Å². The van der Waals surface area contributed by atoms with Crippen LogP contribution in [0.15, 0.2) is 18.2 Å². The monoisotopic (exact) mass is 317 g/mol. The molecule has 22 heavy (non-hydrogen) atoms. The molecule has 2 amide bonds. The van der Waals surface area contributed by atoms with Crippen molar-refractivity contribution in [1.82, 2.24) is 5.32 Å². The fraction of sp³-hybridized carbons (Fsp3) is 0.533. The molecule has 4 nitrogen and oxygen atoms in total. The molecule has 0 aromatic heterocycles. The highest BCUT2D eigenvalue weighted by molar-refractivity contribution is 5.90. The highest BCUT2D eigenvalue weighted by Gasteiger charge is 2.34. The molecular formula is C15H22F3N3O. The predicted octanol–water partition coefficient (Wildman–Crippen LogP) is 3.94. The largest absolute Gasteiger partial charge is 0.418 e. The second kappa shape index (κ2) is 7.38. The fourth-order valence-electron chi connectivity index (χ4n) is 1.79. The molecule has 0 bridgehead atoms. The molecule has 0 spiro atoms. The SMILES string of the molecule is CC(C)CCNC(=O)Nc1ccc(N(C)C)cc1C(F)(F)F. The number of halogens is 3. The van der Waals surface area contributed by atoms with E-state index in [0.29, 0.717) is 18.2 Å². The van der Waals surface area contributed by atoms with Gasteiger partial charge >= 0.3 is 12.2 Å². The second-order valence-corrected chi connectivity index (χ2v) is 5.69. The van der Waals surface area contributed by atoms with Gasteiger partial charge in [0.2, 0.25) is 0 Å². The van der Waals surface area contributed by atoms with Gasteiger partial charge in [-0.15, -0.1) is 0 Å². The molecule has 0 radical (unpaired) electrons. The molecule has 2 N–H and O–H groups in total. The number of anilines is 2. The van der Waals surface area contributed by atoms with Crippen molar-refractivity contribution in [3.63, 3.8) is 0 Å². The Labute approximate surface area is 128 Å². The number of amides is 2. The van der Waals surface area contributed by atoms with Gasteiger partial charge in [0.05, 0.1) is 11.3 Å². The van der Waals surface area contributed by atoms with E-state index in [0.717, 1.165) is 12.5 Å². The molecule has 1 aromatic carbocycles. The molecule has 0 saturated heterocycles. The summed E-state index contributed by atoms with van der Waals surface area (Å²) in [6.45, 7) is 4.42. The lowest BCUT2D eigenvalue weighted by Crippen LogP contribution is -2.31. The van der Waals surface area contributed by atoms with E-state index in [1.165, 1.54) is 12.1 Å². The van der Waals surface area contributed by atoms with Gasteiger partial charge in [0.1, 0.15) is 0 Å². The van der Waals surface area contributed by atoms with Gasteiger partial charge in [0.25, 0.3) is 0 Å². The Morgan fingerprint density at radius 2 is 1.91 bits per heavy atom. The number of nitrogens with one attached hydrogen (secondary N) is 2. The van der Waals surface area contributed by atoms with E-state index < -0.39 is 17.8 Å². The molecule has 0 aliphatic heterocycles. The molecule has 1 aromatic rings. The highest BCUT2D eigenvalue weighted by atomic mass is 19.4. The summed E-state index contributed by atoms with van der Waals surface area (Å²) in [5, 5.41) is 4.82. The number of carbonyl (C=O) groups is 1. The van der Waals surface area contributed by atoms with Crippen molar-refractivity contribution in [2.45, 2.75) is 26.4 Å². The zero-order valence-electron chi connectivity index (χ0n) is 13.2. The third-order valence-corrected chi connectivity index (χ3v) is 3.08. The average molecular weight is 317 g/mol. The standard InChI is InChI=1S/C15H22F3N3O/c1-10(2)7-8-19-14(22)20-13-6-5-11(21(3)4)9-12(13)15(16,17)18/h5-6,9-10H,7-8H2,1-4H3,(H2,19,20,22). The quantitative estimate of drug-likeness (QED) is 0.864. The number of rotatable bonds is 5. The zero-order valence-corrected chi connectivity index (χ0v) is 13.2. The number of hydrogen-bond acceptors (Lipinski definition) is 2. The molecular weight excluding hydrogens is 295 g/mol. The summed E-state index contributed by atoms with van der Waals surface area (Å²) < 4.78 is 39.3. The van der Waals surface area contributed by atoms with E-state index in [4.69, 9.17) is 0 Å².